The van der Waals surface area contributed by atoms with Crippen LogP contribution in [0.15, 0.2) is 35.2 Å². The molecule has 0 radical (unpaired) electrons. The molecule has 0 aliphatic carbocycles. The molecule has 1 aromatic heterocycles. The van der Waals surface area contributed by atoms with Gasteiger partial charge in [-0.15, -0.1) is 0 Å². The predicted molar refractivity (Wildman–Crippen MR) is 102 cm³/mol. The molecule has 3 rings (SSSR count). The summed E-state index contributed by atoms with van der Waals surface area (Å²) in [6.07, 6.45) is -3.78. The number of anilines is 3. The third kappa shape index (κ3) is 4.60. The number of benzene rings is 1. The van der Waals surface area contributed by atoms with Crippen LogP contribution >= 0.6 is 0 Å². The van der Waals surface area contributed by atoms with E-state index in [1.54, 1.807) is 11.0 Å². The van der Waals surface area contributed by atoms with Crippen LogP contribution in [0.5, 0.6) is 0 Å². The van der Waals surface area contributed by atoms with Gasteiger partial charge in [-0.1, -0.05) is 12.1 Å². The predicted octanol–water partition coefficient (Wildman–Crippen LogP) is 2.53. The molecule has 1 aliphatic rings. The molecule has 2 heterocycles. The normalized spacial score (nSPS) is 15.1. The number of alkyl halides is 3. The average molecular weight is 425 g/mol. The number of pyridine rings is 1. The van der Waals surface area contributed by atoms with E-state index < -0.39 is 27.1 Å². The first-order valence-electron chi connectivity index (χ1n) is 8.65. The van der Waals surface area contributed by atoms with Gasteiger partial charge < -0.3 is 15.5 Å². The molecule has 154 valence electrons. The van der Waals surface area contributed by atoms with Crippen molar-refractivity contribution in [2.24, 2.45) is 0 Å². The Morgan fingerprint density at radius 3 is 2.48 bits per heavy atom. The van der Waals surface area contributed by atoms with Crippen molar-refractivity contribution in [3.8, 4) is 6.07 Å². The molecule has 1 aromatic carbocycles. The van der Waals surface area contributed by atoms with Crippen molar-refractivity contribution in [2.45, 2.75) is 11.1 Å². The van der Waals surface area contributed by atoms with Crippen molar-refractivity contribution in [1.29, 1.82) is 5.26 Å². The van der Waals surface area contributed by atoms with Crippen molar-refractivity contribution in [3.63, 3.8) is 0 Å². The molecule has 0 saturated carbocycles. The first-order valence-corrected chi connectivity index (χ1v) is 10.5. The van der Waals surface area contributed by atoms with Gasteiger partial charge in [0.05, 0.1) is 16.1 Å². The monoisotopic (exact) mass is 425 g/mol. The molecular formula is C18H18F3N5O2S. The largest absolute Gasteiger partial charge is 0.417 e. The highest BCUT2D eigenvalue weighted by atomic mass is 32.2. The minimum Gasteiger partial charge on any atom is -0.354 e. The zero-order chi connectivity index (χ0) is 21.2. The van der Waals surface area contributed by atoms with Crippen LogP contribution in [-0.2, 0) is 16.0 Å². The first-order chi connectivity index (χ1) is 13.6. The second kappa shape index (κ2) is 7.88. The zero-order valence-corrected chi connectivity index (χ0v) is 16.2. The van der Waals surface area contributed by atoms with Gasteiger partial charge in [0.25, 0.3) is 0 Å². The fourth-order valence-electron chi connectivity index (χ4n) is 3.04. The fourth-order valence-corrected chi connectivity index (χ4v) is 3.88. The topological polar surface area (TPSA) is 98.1 Å². The van der Waals surface area contributed by atoms with Crippen LogP contribution in [0.3, 0.4) is 0 Å². The Hall–Kier alpha value is -2.84. The Morgan fingerprint density at radius 2 is 1.90 bits per heavy atom. The number of halogens is 3. The van der Waals surface area contributed by atoms with E-state index in [2.05, 4.69) is 15.6 Å². The summed E-state index contributed by atoms with van der Waals surface area (Å²) in [5.74, 6) is -0.274. The van der Waals surface area contributed by atoms with Crippen molar-refractivity contribution < 1.29 is 21.6 Å². The summed E-state index contributed by atoms with van der Waals surface area (Å²) in [5.41, 5.74) is -1.77. The smallest absolute Gasteiger partial charge is 0.354 e. The SMILES string of the molecule is CS(=O)(=O)c1ccccc1Nc1nc(N2CCNCC2)cc(C(F)(F)F)c1C#N. The van der Waals surface area contributed by atoms with E-state index in [9.17, 15) is 26.9 Å². The summed E-state index contributed by atoms with van der Waals surface area (Å²) in [6, 6.07) is 8.18. The van der Waals surface area contributed by atoms with Crippen LogP contribution in [0.25, 0.3) is 0 Å². The van der Waals surface area contributed by atoms with E-state index in [0.717, 1.165) is 12.3 Å². The van der Waals surface area contributed by atoms with Crippen LogP contribution in [0.4, 0.5) is 30.5 Å². The van der Waals surface area contributed by atoms with Gasteiger partial charge in [0.15, 0.2) is 15.7 Å². The van der Waals surface area contributed by atoms with Crippen LogP contribution in [0.1, 0.15) is 11.1 Å². The molecule has 2 aromatic rings. The minimum absolute atomic E-state index is 0.0459. The maximum Gasteiger partial charge on any atom is 0.417 e. The Balaban J connectivity index is 2.16. The standard InChI is InChI=1S/C18H18F3N5O2S/c1-29(27,28)15-5-3-2-4-14(15)24-17-12(11-22)13(18(19,20)21)10-16(25-17)26-8-6-23-7-9-26/h2-5,10,23H,6-9H2,1H3,(H,24,25). The molecule has 7 nitrogen and oxygen atoms in total. The number of rotatable bonds is 4. The fraction of sp³-hybridized carbons (Fsp3) is 0.333. The van der Waals surface area contributed by atoms with Gasteiger partial charge in [0, 0.05) is 32.4 Å². The molecule has 0 bridgehead atoms. The van der Waals surface area contributed by atoms with E-state index in [4.69, 9.17) is 0 Å². The maximum absolute atomic E-state index is 13.6. The van der Waals surface area contributed by atoms with Gasteiger partial charge in [0.1, 0.15) is 17.5 Å². The minimum atomic E-state index is -4.77. The van der Waals surface area contributed by atoms with E-state index >= 15 is 0 Å². The van der Waals surface area contributed by atoms with E-state index in [1.807, 2.05) is 0 Å². The molecule has 11 heteroatoms. The van der Waals surface area contributed by atoms with E-state index in [1.165, 1.54) is 24.3 Å². The molecule has 0 unspecified atom stereocenters. The van der Waals surface area contributed by atoms with Gasteiger partial charge in [-0.05, 0) is 18.2 Å². The zero-order valence-electron chi connectivity index (χ0n) is 15.4. The highest BCUT2D eigenvalue weighted by molar-refractivity contribution is 7.90. The summed E-state index contributed by atoms with van der Waals surface area (Å²) < 4.78 is 64.9. The maximum atomic E-state index is 13.6. The highest BCUT2D eigenvalue weighted by Crippen LogP contribution is 2.38. The number of nitrogens with one attached hydrogen (secondary N) is 2. The molecule has 1 aliphatic heterocycles. The number of hydrogen-bond acceptors (Lipinski definition) is 7. The number of aromatic nitrogens is 1. The lowest BCUT2D eigenvalue weighted by Gasteiger charge is -2.29. The lowest BCUT2D eigenvalue weighted by molar-refractivity contribution is -0.137. The summed E-state index contributed by atoms with van der Waals surface area (Å²) in [5, 5.41) is 15.1. The summed E-state index contributed by atoms with van der Waals surface area (Å²) in [7, 11) is -3.66. The van der Waals surface area contributed by atoms with Crippen molar-refractivity contribution in [1.82, 2.24) is 10.3 Å². The molecule has 2 N–H and O–H groups in total. The van der Waals surface area contributed by atoms with Gasteiger partial charge >= 0.3 is 6.18 Å². The lowest BCUT2D eigenvalue weighted by atomic mass is 10.1. The molecule has 0 spiro atoms. The number of piperazine rings is 1. The summed E-state index contributed by atoms with van der Waals surface area (Å²) in [6.45, 7) is 2.08. The van der Waals surface area contributed by atoms with E-state index in [-0.39, 0.29) is 22.2 Å². The third-order valence-electron chi connectivity index (χ3n) is 4.40. The molecule has 29 heavy (non-hydrogen) atoms. The van der Waals surface area contributed by atoms with E-state index in [0.29, 0.717) is 26.2 Å². The molecule has 0 atom stereocenters. The Bertz CT molecular complexity index is 1060. The third-order valence-corrected chi connectivity index (χ3v) is 5.56. The van der Waals surface area contributed by atoms with Crippen LogP contribution in [-0.4, -0.2) is 45.8 Å². The Labute approximate surface area is 166 Å². The van der Waals surface area contributed by atoms with Crippen LogP contribution < -0.4 is 15.5 Å². The van der Waals surface area contributed by atoms with Crippen molar-refractivity contribution in [2.75, 3.05) is 42.7 Å². The molecule has 0 amide bonds. The first kappa shape index (κ1) is 20.9. The van der Waals surface area contributed by atoms with Crippen molar-refractivity contribution >= 4 is 27.2 Å². The van der Waals surface area contributed by atoms with Gasteiger partial charge in [0.2, 0.25) is 0 Å². The number of para-hydroxylation sites is 1. The number of hydrogen-bond donors (Lipinski definition) is 2. The number of nitriles is 1. The summed E-state index contributed by atoms with van der Waals surface area (Å²) >= 11 is 0. The Morgan fingerprint density at radius 1 is 1.24 bits per heavy atom. The molecule has 1 fully saturated rings. The van der Waals surface area contributed by atoms with Crippen LogP contribution in [0.2, 0.25) is 0 Å². The second-order valence-corrected chi connectivity index (χ2v) is 8.48. The summed E-state index contributed by atoms with van der Waals surface area (Å²) in [4.78, 5) is 5.81. The Kier molecular flexibility index (Phi) is 5.68. The van der Waals surface area contributed by atoms with Gasteiger partial charge in [-0.2, -0.15) is 18.4 Å². The van der Waals surface area contributed by atoms with Gasteiger partial charge in [-0.25, -0.2) is 13.4 Å². The number of nitrogens with zero attached hydrogens (tertiary/aromatic N) is 3. The molecular weight excluding hydrogens is 407 g/mol. The lowest BCUT2D eigenvalue weighted by Crippen LogP contribution is -2.44. The van der Waals surface area contributed by atoms with Crippen LogP contribution in [0, 0.1) is 11.3 Å². The second-order valence-electron chi connectivity index (χ2n) is 6.49. The molecule has 1 saturated heterocycles. The van der Waals surface area contributed by atoms with Gasteiger partial charge in [-0.3, -0.25) is 0 Å². The average Bonchev–Trinajstić information content (AvgIpc) is 2.67. The van der Waals surface area contributed by atoms with Crippen molar-refractivity contribution in [3.05, 3.63) is 41.5 Å². The number of sulfone groups is 1. The highest BCUT2D eigenvalue weighted by Gasteiger charge is 2.37. The quantitative estimate of drug-likeness (QED) is 0.777.